The number of amides is 1. The molecule has 0 saturated carbocycles. The zero-order chi connectivity index (χ0) is 24.7. The van der Waals surface area contributed by atoms with Crippen LogP contribution in [0.3, 0.4) is 0 Å². The lowest BCUT2D eigenvalue weighted by molar-refractivity contribution is -0.385. The Morgan fingerprint density at radius 1 is 1.12 bits per heavy atom. The Hall–Kier alpha value is -3.96. The van der Waals surface area contributed by atoms with Crippen molar-refractivity contribution >= 4 is 45.1 Å². The number of sulfonamides is 1. The molecule has 0 radical (unpaired) electrons. The molecule has 0 spiro atoms. The third-order valence-electron chi connectivity index (χ3n) is 4.58. The molecule has 0 aliphatic heterocycles. The molecular weight excluding hydrogens is 484 g/mol. The summed E-state index contributed by atoms with van der Waals surface area (Å²) in [6.07, 6.45) is 1.11. The summed E-state index contributed by atoms with van der Waals surface area (Å²) < 4.78 is 32.6. The third-order valence-corrected chi connectivity index (χ3v) is 6.62. The van der Waals surface area contributed by atoms with Crippen LogP contribution in [0.15, 0.2) is 82.8 Å². The molecule has 0 saturated heterocycles. The van der Waals surface area contributed by atoms with Gasteiger partial charge in [-0.15, -0.1) is 0 Å². The maximum atomic E-state index is 13.3. The molecule has 0 bridgehead atoms. The number of ether oxygens (including phenoxy) is 1. The van der Waals surface area contributed by atoms with Crippen molar-refractivity contribution in [2.45, 2.75) is 4.90 Å². The zero-order valence-electron chi connectivity index (χ0n) is 17.8. The second-order valence-corrected chi connectivity index (χ2v) is 9.07. The molecule has 0 fully saturated rings. The van der Waals surface area contributed by atoms with E-state index in [1.807, 2.05) is 0 Å². The number of hydrogen-bond donors (Lipinski definition) is 1. The van der Waals surface area contributed by atoms with Crippen molar-refractivity contribution in [1.29, 1.82) is 0 Å². The highest BCUT2D eigenvalue weighted by atomic mass is 35.5. The zero-order valence-corrected chi connectivity index (χ0v) is 19.4. The number of carbonyl (C=O) groups excluding carboxylic acids is 1. The SMILES string of the molecule is COc1ccc(S(=O)(=O)N(CC(=O)N/N=C\c2ccccc2[N+](=O)[O-])c2ccc(Cl)cc2)cc1. The van der Waals surface area contributed by atoms with E-state index in [2.05, 4.69) is 10.5 Å². The number of rotatable bonds is 9. The van der Waals surface area contributed by atoms with Crippen molar-refractivity contribution in [2.75, 3.05) is 18.0 Å². The first-order valence-corrected chi connectivity index (χ1v) is 11.5. The number of hydrogen-bond acceptors (Lipinski definition) is 7. The van der Waals surface area contributed by atoms with Gasteiger partial charge in [-0.1, -0.05) is 23.7 Å². The Morgan fingerprint density at radius 3 is 2.38 bits per heavy atom. The smallest absolute Gasteiger partial charge is 0.278 e. The Morgan fingerprint density at radius 2 is 1.76 bits per heavy atom. The average molecular weight is 503 g/mol. The van der Waals surface area contributed by atoms with Crippen LogP contribution in [0.5, 0.6) is 5.75 Å². The van der Waals surface area contributed by atoms with Crippen molar-refractivity contribution in [3.8, 4) is 5.75 Å². The predicted molar refractivity (Wildman–Crippen MR) is 128 cm³/mol. The van der Waals surface area contributed by atoms with E-state index in [0.29, 0.717) is 10.8 Å². The van der Waals surface area contributed by atoms with Crippen LogP contribution in [0.2, 0.25) is 5.02 Å². The van der Waals surface area contributed by atoms with Crippen LogP contribution in [0, 0.1) is 10.1 Å². The lowest BCUT2D eigenvalue weighted by Gasteiger charge is -2.23. The van der Waals surface area contributed by atoms with E-state index in [0.717, 1.165) is 10.5 Å². The van der Waals surface area contributed by atoms with Crippen molar-refractivity contribution in [2.24, 2.45) is 5.10 Å². The van der Waals surface area contributed by atoms with Gasteiger partial charge in [-0.2, -0.15) is 5.10 Å². The molecule has 0 unspecified atom stereocenters. The van der Waals surface area contributed by atoms with Gasteiger partial charge in [0.05, 0.1) is 34.4 Å². The van der Waals surface area contributed by atoms with E-state index >= 15 is 0 Å². The van der Waals surface area contributed by atoms with Crippen LogP contribution >= 0.6 is 11.6 Å². The van der Waals surface area contributed by atoms with Gasteiger partial charge < -0.3 is 4.74 Å². The fourth-order valence-corrected chi connectivity index (χ4v) is 4.45. The van der Waals surface area contributed by atoms with Gasteiger partial charge in [0.25, 0.3) is 21.6 Å². The fraction of sp³-hybridized carbons (Fsp3) is 0.0909. The first kappa shape index (κ1) is 24.7. The van der Waals surface area contributed by atoms with Gasteiger partial charge in [-0.25, -0.2) is 13.8 Å². The Labute approximate surface area is 200 Å². The van der Waals surface area contributed by atoms with Gasteiger partial charge in [-0.05, 0) is 54.6 Å². The molecule has 0 aliphatic carbocycles. The minimum Gasteiger partial charge on any atom is -0.497 e. The topological polar surface area (TPSA) is 131 Å². The molecule has 34 heavy (non-hydrogen) atoms. The Kier molecular flexibility index (Phi) is 7.82. The Balaban J connectivity index is 1.85. The quantitative estimate of drug-likeness (QED) is 0.270. The van der Waals surface area contributed by atoms with Gasteiger partial charge in [0.15, 0.2) is 0 Å². The molecule has 3 aromatic carbocycles. The van der Waals surface area contributed by atoms with E-state index < -0.39 is 27.4 Å². The molecule has 0 heterocycles. The number of hydrazone groups is 1. The number of methoxy groups -OCH3 is 1. The van der Waals surface area contributed by atoms with Gasteiger partial charge in [0.2, 0.25) is 0 Å². The number of nitrogens with zero attached hydrogens (tertiary/aromatic N) is 3. The summed E-state index contributed by atoms with van der Waals surface area (Å²) in [7, 11) is -2.69. The molecule has 0 aromatic heterocycles. The van der Waals surface area contributed by atoms with Gasteiger partial charge >= 0.3 is 0 Å². The first-order valence-electron chi connectivity index (χ1n) is 9.70. The normalized spacial score (nSPS) is 11.2. The number of nitro groups is 1. The monoisotopic (exact) mass is 502 g/mol. The maximum absolute atomic E-state index is 13.3. The van der Waals surface area contributed by atoms with E-state index in [1.54, 1.807) is 6.07 Å². The number of nitrogens with one attached hydrogen (secondary N) is 1. The summed E-state index contributed by atoms with van der Waals surface area (Å²) in [5.74, 6) is -0.291. The molecule has 176 valence electrons. The summed E-state index contributed by atoms with van der Waals surface area (Å²) in [5, 5.41) is 15.2. The maximum Gasteiger partial charge on any atom is 0.278 e. The van der Waals surface area contributed by atoms with Crippen molar-refractivity contribution in [3.05, 3.63) is 93.5 Å². The molecule has 3 rings (SSSR count). The van der Waals surface area contributed by atoms with Crippen LogP contribution in [0.4, 0.5) is 11.4 Å². The lowest BCUT2D eigenvalue weighted by Crippen LogP contribution is -2.39. The van der Waals surface area contributed by atoms with Gasteiger partial charge in [0.1, 0.15) is 12.3 Å². The van der Waals surface area contributed by atoms with Crippen molar-refractivity contribution in [3.63, 3.8) is 0 Å². The minimum absolute atomic E-state index is 0.0561. The van der Waals surface area contributed by atoms with Crippen LogP contribution in [-0.4, -0.2) is 39.1 Å². The van der Waals surface area contributed by atoms with Crippen molar-refractivity contribution < 1.29 is 22.9 Å². The number of benzene rings is 3. The van der Waals surface area contributed by atoms with Crippen molar-refractivity contribution in [1.82, 2.24) is 5.43 Å². The predicted octanol–water partition coefficient (Wildman–Crippen LogP) is 3.60. The Bertz CT molecular complexity index is 1310. The summed E-state index contributed by atoms with van der Waals surface area (Å²) >= 11 is 5.92. The van der Waals surface area contributed by atoms with Gasteiger partial charge in [-0.3, -0.25) is 19.2 Å². The summed E-state index contributed by atoms with van der Waals surface area (Å²) in [6.45, 7) is -0.607. The van der Waals surface area contributed by atoms with Crippen LogP contribution in [0.1, 0.15) is 5.56 Å². The summed E-state index contributed by atoms with van der Waals surface area (Å²) in [4.78, 5) is 23.0. The standard InChI is InChI=1S/C22H19ClN4O6S/c1-33-19-10-12-20(13-11-19)34(31,32)26(18-8-6-17(23)7-9-18)15-22(28)25-24-14-16-4-2-3-5-21(16)27(29)30/h2-14H,15H2,1H3,(H,25,28)/b24-14-. The number of anilines is 1. The van der Waals surface area contributed by atoms with Crippen LogP contribution in [0.25, 0.3) is 0 Å². The molecular formula is C22H19ClN4O6S. The fourth-order valence-electron chi connectivity index (χ4n) is 2.90. The highest BCUT2D eigenvalue weighted by Crippen LogP contribution is 2.26. The largest absolute Gasteiger partial charge is 0.497 e. The number of nitro benzene ring substituents is 1. The second-order valence-electron chi connectivity index (χ2n) is 6.77. The van der Waals surface area contributed by atoms with E-state index in [9.17, 15) is 23.3 Å². The lowest BCUT2D eigenvalue weighted by atomic mass is 10.2. The number of halogens is 1. The van der Waals surface area contributed by atoms with Gasteiger partial charge in [0, 0.05) is 11.1 Å². The third kappa shape index (κ3) is 5.88. The number of carbonyl (C=O) groups is 1. The number of para-hydroxylation sites is 1. The second kappa shape index (κ2) is 10.8. The molecule has 1 amide bonds. The van der Waals surface area contributed by atoms with E-state index in [1.165, 1.54) is 73.8 Å². The van der Waals surface area contributed by atoms with E-state index in [-0.39, 0.29) is 21.8 Å². The molecule has 0 atom stereocenters. The van der Waals surface area contributed by atoms with Crippen LogP contribution in [-0.2, 0) is 14.8 Å². The highest BCUT2D eigenvalue weighted by Gasteiger charge is 2.27. The first-order chi connectivity index (χ1) is 16.2. The van der Waals surface area contributed by atoms with Crippen LogP contribution < -0.4 is 14.5 Å². The molecule has 1 N–H and O–H groups in total. The molecule has 10 nitrogen and oxygen atoms in total. The molecule has 3 aromatic rings. The summed E-state index contributed by atoms with van der Waals surface area (Å²) in [6, 6.07) is 17.5. The summed E-state index contributed by atoms with van der Waals surface area (Å²) in [5.41, 5.74) is 2.40. The average Bonchev–Trinajstić information content (AvgIpc) is 2.83. The minimum atomic E-state index is -4.15. The van der Waals surface area contributed by atoms with E-state index in [4.69, 9.17) is 16.3 Å². The molecule has 0 aliphatic rings. The highest BCUT2D eigenvalue weighted by molar-refractivity contribution is 7.92. The molecule has 12 heteroatoms.